The summed E-state index contributed by atoms with van der Waals surface area (Å²) in [5.41, 5.74) is 1.57. The second-order valence-electron chi connectivity index (χ2n) is 7.44. The molecule has 0 radical (unpaired) electrons. The Morgan fingerprint density at radius 2 is 1.60 bits per heavy atom. The number of para-hydroxylation sites is 1. The summed E-state index contributed by atoms with van der Waals surface area (Å²) in [5, 5.41) is 3.83. The number of aromatic nitrogens is 2. The van der Waals surface area contributed by atoms with Crippen LogP contribution in [0.25, 0.3) is 0 Å². The average molecular weight is 413 g/mol. The van der Waals surface area contributed by atoms with E-state index in [0.717, 1.165) is 12.0 Å². The number of carbonyl (C=O) groups excluding carboxylic acids is 1. The van der Waals surface area contributed by atoms with Crippen LogP contribution in [0.2, 0.25) is 0 Å². The molecule has 0 bridgehead atoms. The molecule has 0 saturated carbocycles. The zero-order valence-corrected chi connectivity index (χ0v) is 16.4. The van der Waals surface area contributed by atoms with Gasteiger partial charge < -0.3 is 4.90 Å². The fourth-order valence-electron chi connectivity index (χ4n) is 3.94. The Labute approximate surface area is 172 Å². The molecule has 0 unspecified atom stereocenters. The molecular formula is C23H22F3N3O. The Kier molecular flexibility index (Phi) is 5.61. The van der Waals surface area contributed by atoms with E-state index < -0.39 is 11.9 Å². The van der Waals surface area contributed by atoms with Crippen molar-refractivity contribution in [1.29, 1.82) is 0 Å². The van der Waals surface area contributed by atoms with Crippen molar-refractivity contribution in [2.45, 2.75) is 44.9 Å². The Morgan fingerprint density at radius 3 is 2.27 bits per heavy atom. The molecule has 2 aromatic carbocycles. The Morgan fingerprint density at radius 1 is 0.967 bits per heavy atom. The van der Waals surface area contributed by atoms with Crippen molar-refractivity contribution in [1.82, 2.24) is 9.78 Å². The van der Waals surface area contributed by atoms with E-state index in [2.05, 4.69) is 5.10 Å². The monoisotopic (exact) mass is 413 g/mol. The quantitative estimate of drug-likeness (QED) is 0.590. The number of halogens is 3. The summed E-state index contributed by atoms with van der Waals surface area (Å²) in [6.45, 7) is 0.111. The Bertz CT molecular complexity index is 1010. The highest BCUT2D eigenvalue weighted by Crippen LogP contribution is 2.36. The fourth-order valence-corrected chi connectivity index (χ4v) is 3.94. The smallest absolute Gasteiger partial charge is 0.306 e. The first-order chi connectivity index (χ1) is 14.4. The van der Waals surface area contributed by atoms with Gasteiger partial charge in [-0.15, -0.1) is 0 Å². The van der Waals surface area contributed by atoms with Crippen molar-refractivity contribution in [2.75, 3.05) is 4.90 Å². The van der Waals surface area contributed by atoms with Gasteiger partial charge in [-0.05, 0) is 43.4 Å². The highest BCUT2D eigenvalue weighted by atomic mass is 19.4. The Hall–Kier alpha value is -3.09. The molecule has 1 aliphatic carbocycles. The molecule has 0 N–H and O–H groups in total. The number of amides is 1. The number of benzene rings is 2. The van der Waals surface area contributed by atoms with Gasteiger partial charge in [0.05, 0.1) is 6.54 Å². The maximum absolute atomic E-state index is 13.5. The zero-order chi connectivity index (χ0) is 21.1. The van der Waals surface area contributed by atoms with Crippen LogP contribution >= 0.6 is 0 Å². The van der Waals surface area contributed by atoms with Gasteiger partial charge in [-0.2, -0.15) is 18.3 Å². The van der Waals surface area contributed by atoms with E-state index in [4.69, 9.17) is 0 Å². The number of hydrogen-bond donors (Lipinski definition) is 0. The summed E-state index contributed by atoms with van der Waals surface area (Å²) in [7, 11) is 0. The van der Waals surface area contributed by atoms with Crippen LogP contribution in [0.15, 0.2) is 60.7 Å². The van der Waals surface area contributed by atoms with Gasteiger partial charge in [-0.3, -0.25) is 9.48 Å². The van der Waals surface area contributed by atoms with Crippen molar-refractivity contribution < 1.29 is 18.0 Å². The molecule has 7 heteroatoms. The SMILES string of the molecule is O=C(Cn1nc(C(F)(F)F)c2c1CCCC2)N(Cc1ccccc1)c1ccccc1. The third kappa shape index (κ3) is 4.25. The molecule has 156 valence electrons. The summed E-state index contributed by atoms with van der Waals surface area (Å²) in [6.07, 6.45) is -2.14. The first kappa shape index (κ1) is 20.2. The molecule has 1 amide bonds. The van der Waals surface area contributed by atoms with Gasteiger partial charge in [0.15, 0.2) is 5.69 Å². The van der Waals surface area contributed by atoms with E-state index in [1.54, 1.807) is 4.90 Å². The minimum absolute atomic E-state index is 0.222. The molecule has 0 aliphatic heterocycles. The molecule has 1 aliphatic rings. The van der Waals surface area contributed by atoms with E-state index in [1.807, 2.05) is 60.7 Å². The molecule has 4 rings (SSSR count). The maximum atomic E-state index is 13.5. The van der Waals surface area contributed by atoms with Crippen LogP contribution in [-0.4, -0.2) is 15.7 Å². The van der Waals surface area contributed by atoms with Crippen LogP contribution in [0, 0.1) is 0 Å². The average Bonchev–Trinajstić information content (AvgIpc) is 3.12. The number of fused-ring (bicyclic) bond motifs is 1. The second-order valence-corrected chi connectivity index (χ2v) is 7.44. The number of carbonyl (C=O) groups is 1. The second kappa shape index (κ2) is 8.34. The van der Waals surface area contributed by atoms with Crippen molar-refractivity contribution >= 4 is 11.6 Å². The third-order valence-electron chi connectivity index (χ3n) is 5.36. The standard InChI is InChI=1S/C23H22F3N3O/c24-23(25,26)22-19-13-7-8-14-20(19)29(27-22)16-21(30)28(18-11-5-2-6-12-18)15-17-9-3-1-4-10-17/h1-6,9-12H,7-8,13-16H2. The molecule has 4 nitrogen and oxygen atoms in total. The lowest BCUT2D eigenvalue weighted by Gasteiger charge is -2.24. The van der Waals surface area contributed by atoms with Crippen molar-refractivity contribution in [3.05, 3.63) is 83.2 Å². The molecule has 0 spiro atoms. The van der Waals surface area contributed by atoms with Crippen molar-refractivity contribution in [3.63, 3.8) is 0 Å². The summed E-state index contributed by atoms with van der Waals surface area (Å²) in [6, 6.07) is 18.7. The highest BCUT2D eigenvalue weighted by molar-refractivity contribution is 5.93. The summed E-state index contributed by atoms with van der Waals surface area (Å²) in [4.78, 5) is 14.8. The predicted octanol–water partition coefficient (Wildman–Crippen LogP) is 5.01. The number of hydrogen-bond acceptors (Lipinski definition) is 2. The van der Waals surface area contributed by atoms with Crippen molar-refractivity contribution in [2.24, 2.45) is 0 Å². The summed E-state index contributed by atoms with van der Waals surface area (Å²) in [5.74, 6) is -0.297. The van der Waals surface area contributed by atoms with E-state index in [9.17, 15) is 18.0 Å². The van der Waals surface area contributed by atoms with Crippen LogP contribution in [-0.2, 0) is 36.9 Å². The molecule has 1 aromatic heterocycles. The van der Waals surface area contributed by atoms with Crippen LogP contribution in [0.1, 0.15) is 35.4 Å². The van der Waals surface area contributed by atoms with Gasteiger partial charge in [0.2, 0.25) is 5.91 Å². The van der Waals surface area contributed by atoms with Crippen LogP contribution < -0.4 is 4.90 Å². The first-order valence-corrected chi connectivity index (χ1v) is 9.98. The summed E-state index contributed by atoms with van der Waals surface area (Å²) < 4.78 is 41.7. The van der Waals surface area contributed by atoms with Gasteiger partial charge >= 0.3 is 6.18 Å². The first-order valence-electron chi connectivity index (χ1n) is 9.98. The lowest BCUT2D eigenvalue weighted by atomic mass is 9.95. The largest absolute Gasteiger partial charge is 0.435 e. The minimum Gasteiger partial charge on any atom is -0.306 e. The fraction of sp³-hybridized carbons (Fsp3) is 0.304. The number of anilines is 1. The van der Waals surface area contributed by atoms with Gasteiger partial charge in [0, 0.05) is 16.9 Å². The molecular weight excluding hydrogens is 391 g/mol. The van der Waals surface area contributed by atoms with E-state index in [1.165, 1.54) is 4.68 Å². The van der Waals surface area contributed by atoms with E-state index >= 15 is 0 Å². The van der Waals surface area contributed by atoms with E-state index in [-0.39, 0.29) is 18.0 Å². The van der Waals surface area contributed by atoms with Gasteiger partial charge in [-0.1, -0.05) is 48.5 Å². The van der Waals surface area contributed by atoms with Crippen LogP contribution in [0.3, 0.4) is 0 Å². The number of rotatable bonds is 5. The van der Waals surface area contributed by atoms with Gasteiger partial charge in [-0.25, -0.2) is 0 Å². The lowest BCUT2D eigenvalue weighted by molar-refractivity contribution is -0.142. The molecule has 0 fully saturated rings. The Balaban J connectivity index is 1.65. The van der Waals surface area contributed by atoms with Crippen LogP contribution in [0.4, 0.5) is 18.9 Å². The summed E-state index contributed by atoms with van der Waals surface area (Å²) >= 11 is 0. The lowest BCUT2D eigenvalue weighted by Crippen LogP contribution is -2.34. The van der Waals surface area contributed by atoms with Crippen molar-refractivity contribution in [3.8, 4) is 0 Å². The zero-order valence-electron chi connectivity index (χ0n) is 16.4. The van der Waals surface area contributed by atoms with E-state index in [0.29, 0.717) is 37.2 Å². The molecule has 1 heterocycles. The number of nitrogens with zero attached hydrogens (tertiary/aromatic N) is 3. The van der Waals surface area contributed by atoms with Gasteiger partial charge in [0.25, 0.3) is 0 Å². The van der Waals surface area contributed by atoms with Crippen LogP contribution in [0.5, 0.6) is 0 Å². The topological polar surface area (TPSA) is 38.1 Å². The van der Waals surface area contributed by atoms with Gasteiger partial charge in [0.1, 0.15) is 6.54 Å². The molecule has 3 aromatic rings. The minimum atomic E-state index is -4.52. The number of alkyl halides is 3. The highest BCUT2D eigenvalue weighted by Gasteiger charge is 2.39. The molecule has 0 atom stereocenters. The normalized spacial score (nSPS) is 13.7. The predicted molar refractivity (Wildman–Crippen MR) is 108 cm³/mol. The third-order valence-corrected chi connectivity index (χ3v) is 5.36. The maximum Gasteiger partial charge on any atom is 0.435 e. The molecule has 30 heavy (non-hydrogen) atoms. The molecule has 0 saturated heterocycles.